The Morgan fingerprint density at radius 3 is 2.61 bits per heavy atom. The van der Waals surface area contributed by atoms with E-state index in [9.17, 15) is 9.90 Å². The second kappa shape index (κ2) is 9.56. The molecule has 2 aliphatic heterocycles. The highest BCUT2D eigenvalue weighted by molar-refractivity contribution is 5.99. The molecule has 3 aliphatic rings. The first-order valence-corrected chi connectivity index (χ1v) is 13.6. The van der Waals surface area contributed by atoms with Crippen molar-refractivity contribution in [3.8, 4) is 11.3 Å². The predicted molar refractivity (Wildman–Crippen MR) is 146 cm³/mol. The lowest BCUT2D eigenvalue weighted by atomic mass is 9.81. The minimum atomic E-state index is -0.852. The van der Waals surface area contributed by atoms with Crippen molar-refractivity contribution < 1.29 is 9.90 Å². The summed E-state index contributed by atoms with van der Waals surface area (Å²) in [6.45, 7) is 6.15. The molecule has 1 saturated carbocycles. The van der Waals surface area contributed by atoms with E-state index in [0.717, 1.165) is 44.8 Å². The number of piperazine rings is 1. The molecule has 6 rings (SSSR count). The van der Waals surface area contributed by atoms with Gasteiger partial charge in [0.1, 0.15) is 0 Å². The van der Waals surface area contributed by atoms with Crippen molar-refractivity contribution >= 4 is 22.6 Å². The average Bonchev–Trinajstić information content (AvgIpc) is 3.13. The molecule has 2 fully saturated rings. The monoisotopic (exact) mass is 486 g/mol. The van der Waals surface area contributed by atoms with E-state index in [-0.39, 0.29) is 0 Å². The topological polar surface area (TPSA) is 51.9 Å². The Hall–Kier alpha value is -2.83. The molecule has 6 nitrogen and oxygen atoms in total. The van der Waals surface area contributed by atoms with Crippen LogP contribution in [0.15, 0.2) is 42.5 Å². The average molecular weight is 487 g/mol. The molecular formula is C30H38N4O2. The molecule has 1 saturated heterocycles. The van der Waals surface area contributed by atoms with Gasteiger partial charge in [-0.2, -0.15) is 0 Å². The van der Waals surface area contributed by atoms with Crippen LogP contribution in [0.3, 0.4) is 0 Å². The Morgan fingerprint density at radius 2 is 1.83 bits per heavy atom. The zero-order valence-corrected chi connectivity index (χ0v) is 21.6. The standard InChI is InChI=1S/C30H38N4O2/c1-31(2)14-15-32-16-17-33-23(19-32)20-34-27-18-22(30(35)36)12-13-24(27)28(21-8-4-3-5-9-21)29(34)25-10-6-7-11-26(25)33/h6-7,10-13,18,21,23H,3-5,8-9,14-17,19-20H2,1-2H3,(H,35,36). The molecule has 3 aromatic rings. The maximum atomic E-state index is 12.0. The zero-order valence-electron chi connectivity index (χ0n) is 21.6. The smallest absolute Gasteiger partial charge is 0.335 e. The van der Waals surface area contributed by atoms with E-state index in [1.54, 1.807) is 6.07 Å². The summed E-state index contributed by atoms with van der Waals surface area (Å²) in [6, 6.07) is 15.1. The van der Waals surface area contributed by atoms with Crippen LogP contribution in [0.4, 0.5) is 5.69 Å². The summed E-state index contributed by atoms with van der Waals surface area (Å²) < 4.78 is 2.49. The number of likely N-dealkylation sites (N-methyl/N-ethyl adjacent to an activating group) is 1. The quantitative estimate of drug-likeness (QED) is 0.543. The van der Waals surface area contributed by atoms with Gasteiger partial charge < -0.3 is 19.5 Å². The lowest BCUT2D eigenvalue weighted by Gasteiger charge is -2.42. The fourth-order valence-electron chi connectivity index (χ4n) is 6.87. The third kappa shape index (κ3) is 4.10. The van der Waals surface area contributed by atoms with Crippen molar-refractivity contribution in [1.29, 1.82) is 0 Å². The van der Waals surface area contributed by atoms with Crippen LogP contribution in [-0.4, -0.2) is 78.3 Å². The zero-order chi connectivity index (χ0) is 24.8. The highest BCUT2D eigenvalue weighted by atomic mass is 16.4. The molecule has 1 aliphatic carbocycles. The first-order valence-electron chi connectivity index (χ1n) is 13.6. The van der Waals surface area contributed by atoms with Crippen molar-refractivity contribution in [2.24, 2.45) is 0 Å². The predicted octanol–water partition coefficient (Wildman–Crippen LogP) is 5.12. The second-order valence-electron chi connectivity index (χ2n) is 11.2. The molecular weight excluding hydrogens is 448 g/mol. The summed E-state index contributed by atoms with van der Waals surface area (Å²) in [5, 5.41) is 11.1. The summed E-state index contributed by atoms with van der Waals surface area (Å²) in [7, 11) is 4.28. The van der Waals surface area contributed by atoms with E-state index in [2.05, 4.69) is 63.7 Å². The van der Waals surface area contributed by atoms with Gasteiger partial charge in [0.05, 0.1) is 17.3 Å². The number of hydrogen-bond donors (Lipinski definition) is 1. The minimum Gasteiger partial charge on any atom is -0.478 e. The number of carbonyl (C=O) groups is 1. The Morgan fingerprint density at radius 1 is 1.03 bits per heavy atom. The summed E-state index contributed by atoms with van der Waals surface area (Å²) >= 11 is 0. The number of nitrogens with zero attached hydrogens (tertiary/aromatic N) is 4. The lowest BCUT2D eigenvalue weighted by molar-refractivity contribution is 0.0697. The molecule has 1 unspecified atom stereocenters. The van der Waals surface area contributed by atoms with Crippen LogP contribution in [0, 0.1) is 0 Å². The van der Waals surface area contributed by atoms with Gasteiger partial charge in [-0.1, -0.05) is 43.5 Å². The van der Waals surface area contributed by atoms with E-state index >= 15 is 0 Å². The fraction of sp³-hybridized carbons (Fsp3) is 0.500. The fourth-order valence-corrected chi connectivity index (χ4v) is 6.87. The molecule has 6 heteroatoms. The number of aromatic carboxylic acids is 1. The number of carboxylic acids is 1. The third-order valence-corrected chi connectivity index (χ3v) is 8.66. The summed E-state index contributed by atoms with van der Waals surface area (Å²) in [5.74, 6) is -0.317. The lowest BCUT2D eigenvalue weighted by Crippen LogP contribution is -2.55. The first-order chi connectivity index (χ1) is 17.5. The number of fused-ring (bicyclic) bond motifs is 7. The number of carboxylic acid groups (broad SMARTS) is 1. The number of hydrogen-bond acceptors (Lipinski definition) is 4. The molecule has 2 aromatic carbocycles. The first kappa shape index (κ1) is 23.6. The SMILES string of the molecule is CN(C)CCN1CCN2c3ccccc3-c3c(C4CCCCC4)c4ccc(C(=O)O)cc4n3CC2C1. The van der Waals surface area contributed by atoms with Crippen molar-refractivity contribution in [3.05, 3.63) is 53.6 Å². The van der Waals surface area contributed by atoms with Gasteiger partial charge in [-0.15, -0.1) is 0 Å². The summed E-state index contributed by atoms with van der Waals surface area (Å²) in [5.41, 5.74) is 6.92. The minimum absolute atomic E-state index is 0.353. The maximum Gasteiger partial charge on any atom is 0.335 e. The van der Waals surface area contributed by atoms with Gasteiger partial charge in [-0.25, -0.2) is 4.79 Å². The van der Waals surface area contributed by atoms with Crippen molar-refractivity contribution in [2.45, 2.75) is 50.6 Å². The molecule has 36 heavy (non-hydrogen) atoms. The van der Waals surface area contributed by atoms with Crippen molar-refractivity contribution in [1.82, 2.24) is 14.4 Å². The van der Waals surface area contributed by atoms with Crippen LogP contribution in [0.1, 0.15) is 53.9 Å². The molecule has 3 heterocycles. The molecule has 0 bridgehead atoms. The molecule has 0 amide bonds. The number of anilines is 1. The number of benzene rings is 2. The third-order valence-electron chi connectivity index (χ3n) is 8.66. The van der Waals surface area contributed by atoms with Crippen LogP contribution >= 0.6 is 0 Å². The largest absolute Gasteiger partial charge is 0.478 e. The van der Waals surface area contributed by atoms with Crippen LogP contribution < -0.4 is 4.90 Å². The molecule has 190 valence electrons. The van der Waals surface area contributed by atoms with Crippen molar-refractivity contribution in [2.75, 3.05) is 51.7 Å². The van der Waals surface area contributed by atoms with Gasteiger partial charge in [0.25, 0.3) is 0 Å². The highest BCUT2D eigenvalue weighted by Crippen LogP contribution is 2.48. The van der Waals surface area contributed by atoms with E-state index in [0.29, 0.717) is 17.5 Å². The van der Waals surface area contributed by atoms with Crippen LogP contribution in [0.5, 0.6) is 0 Å². The Kier molecular flexibility index (Phi) is 6.26. The van der Waals surface area contributed by atoms with Gasteiger partial charge >= 0.3 is 5.97 Å². The van der Waals surface area contributed by atoms with Gasteiger partial charge in [-0.3, -0.25) is 4.90 Å². The summed E-state index contributed by atoms with van der Waals surface area (Å²) in [6.07, 6.45) is 6.33. The van der Waals surface area contributed by atoms with Crippen LogP contribution in [0.2, 0.25) is 0 Å². The van der Waals surface area contributed by atoms with E-state index in [4.69, 9.17) is 0 Å². The maximum absolute atomic E-state index is 12.0. The number of aromatic nitrogens is 1. The Bertz CT molecular complexity index is 1270. The van der Waals surface area contributed by atoms with Gasteiger partial charge in [0.2, 0.25) is 0 Å². The van der Waals surface area contributed by atoms with Gasteiger partial charge in [-0.05, 0) is 56.6 Å². The normalized spacial score (nSPS) is 20.8. The second-order valence-corrected chi connectivity index (χ2v) is 11.2. The van der Waals surface area contributed by atoms with E-state index in [1.165, 1.54) is 60.0 Å². The molecule has 1 atom stereocenters. The van der Waals surface area contributed by atoms with Crippen LogP contribution in [-0.2, 0) is 6.54 Å². The number of para-hydroxylation sites is 1. The highest BCUT2D eigenvalue weighted by Gasteiger charge is 2.36. The van der Waals surface area contributed by atoms with Gasteiger partial charge in [0, 0.05) is 61.4 Å². The number of rotatable bonds is 5. The molecule has 0 radical (unpaired) electrons. The Balaban J connectivity index is 1.53. The Labute approximate surface area is 214 Å². The summed E-state index contributed by atoms with van der Waals surface area (Å²) in [4.78, 5) is 19.5. The molecule has 1 aromatic heterocycles. The molecule has 1 N–H and O–H groups in total. The van der Waals surface area contributed by atoms with Crippen molar-refractivity contribution in [3.63, 3.8) is 0 Å². The van der Waals surface area contributed by atoms with Gasteiger partial charge in [0.15, 0.2) is 0 Å². The van der Waals surface area contributed by atoms with E-state index in [1.807, 2.05) is 6.07 Å². The molecule has 0 spiro atoms. The van der Waals surface area contributed by atoms with E-state index < -0.39 is 5.97 Å². The van der Waals surface area contributed by atoms with Crippen LogP contribution in [0.25, 0.3) is 22.2 Å².